The number of benzene rings is 1. The Morgan fingerprint density at radius 2 is 1.88 bits per heavy atom. The van der Waals surface area contributed by atoms with Crippen molar-refractivity contribution < 1.29 is 4.79 Å². The second-order valence-electron chi connectivity index (χ2n) is 6.71. The molecule has 2 aromatic heterocycles. The van der Waals surface area contributed by atoms with Crippen LogP contribution in [0.2, 0.25) is 0 Å². The highest BCUT2D eigenvalue weighted by Crippen LogP contribution is 2.28. The topological polar surface area (TPSA) is 52.0 Å². The van der Waals surface area contributed by atoms with Crippen LogP contribution in [-0.4, -0.2) is 21.1 Å². The summed E-state index contributed by atoms with van der Waals surface area (Å²) in [5.41, 5.74) is 2.85. The van der Waals surface area contributed by atoms with Gasteiger partial charge in [-0.2, -0.15) is 0 Å². The van der Waals surface area contributed by atoms with E-state index in [1.807, 2.05) is 38.1 Å². The van der Waals surface area contributed by atoms with Crippen molar-refractivity contribution in [1.29, 1.82) is 0 Å². The number of hydrogen-bond acceptors (Lipinski definition) is 5. The number of rotatable bonds is 5. The standard InChI is InChI=1S/C20H22N2O2S2/c1-11(2)14-6-8-15(9-7-14)16(23)10-25-20-21-18-17(19(24)22(20)5)12(3)13(4)26-18/h6-9,11H,10H2,1-5H3. The summed E-state index contributed by atoms with van der Waals surface area (Å²) in [6, 6.07) is 7.75. The van der Waals surface area contributed by atoms with Crippen LogP contribution in [0.3, 0.4) is 0 Å². The molecule has 0 saturated heterocycles. The van der Waals surface area contributed by atoms with E-state index in [9.17, 15) is 9.59 Å². The highest BCUT2D eigenvalue weighted by molar-refractivity contribution is 7.99. The van der Waals surface area contributed by atoms with E-state index in [0.717, 1.165) is 15.3 Å². The van der Waals surface area contributed by atoms with Gasteiger partial charge in [0.25, 0.3) is 5.56 Å². The lowest BCUT2D eigenvalue weighted by atomic mass is 10.0. The number of thioether (sulfide) groups is 1. The third-order valence-electron chi connectivity index (χ3n) is 4.60. The molecule has 0 fully saturated rings. The first-order valence-electron chi connectivity index (χ1n) is 8.52. The van der Waals surface area contributed by atoms with E-state index in [-0.39, 0.29) is 17.1 Å². The van der Waals surface area contributed by atoms with Gasteiger partial charge in [0.2, 0.25) is 0 Å². The van der Waals surface area contributed by atoms with Gasteiger partial charge in [0, 0.05) is 17.5 Å². The van der Waals surface area contributed by atoms with E-state index in [0.29, 0.717) is 22.0 Å². The molecule has 26 heavy (non-hydrogen) atoms. The third kappa shape index (κ3) is 3.48. The van der Waals surface area contributed by atoms with Crippen molar-refractivity contribution in [2.24, 2.45) is 7.05 Å². The van der Waals surface area contributed by atoms with Crippen molar-refractivity contribution in [2.45, 2.75) is 38.8 Å². The number of thiophene rings is 1. The first kappa shape index (κ1) is 18.9. The van der Waals surface area contributed by atoms with Crippen LogP contribution in [0.15, 0.2) is 34.2 Å². The molecule has 4 nitrogen and oxygen atoms in total. The normalized spacial score (nSPS) is 11.5. The molecule has 0 unspecified atom stereocenters. The first-order chi connectivity index (χ1) is 12.3. The van der Waals surface area contributed by atoms with Crippen LogP contribution in [0.4, 0.5) is 0 Å². The van der Waals surface area contributed by atoms with E-state index in [2.05, 4.69) is 18.8 Å². The maximum Gasteiger partial charge on any atom is 0.262 e. The van der Waals surface area contributed by atoms with Crippen molar-refractivity contribution >= 4 is 39.1 Å². The van der Waals surface area contributed by atoms with Gasteiger partial charge in [0.1, 0.15) is 4.83 Å². The molecule has 0 aliphatic carbocycles. The molecule has 0 atom stereocenters. The molecular weight excluding hydrogens is 364 g/mol. The fourth-order valence-corrected chi connectivity index (χ4v) is 4.69. The molecule has 0 spiro atoms. The Morgan fingerprint density at radius 3 is 2.50 bits per heavy atom. The van der Waals surface area contributed by atoms with Gasteiger partial charge in [-0.05, 0) is 30.9 Å². The maximum atomic E-state index is 12.6. The lowest BCUT2D eigenvalue weighted by Gasteiger charge is -2.08. The minimum Gasteiger partial charge on any atom is -0.293 e. The smallest absolute Gasteiger partial charge is 0.262 e. The number of Topliss-reactive ketones (excluding diaryl/α,β-unsaturated/α-hetero) is 1. The zero-order chi connectivity index (χ0) is 19.0. The van der Waals surface area contributed by atoms with E-state index in [1.165, 1.54) is 28.7 Å². The molecule has 6 heteroatoms. The Balaban J connectivity index is 1.82. The number of aromatic nitrogens is 2. The zero-order valence-corrected chi connectivity index (χ0v) is 17.3. The molecule has 0 N–H and O–H groups in total. The van der Waals surface area contributed by atoms with Crippen LogP contribution in [0, 0.1) is 13.8 Å². The second-order valence-corrected chi connectivity index (χ2v) is 8.86. The Bertz CT molecular complexity index is 1030. The minimum atomic E-state index is -0.0481. The Hall–Kier alpha value is -1.92. The van der Waals surface area contributed by atoms with Crippen molar-refractivity contribution in [3.63, 3.8) is 0 Å². The van der Waals surface area contributed by atoms with E-state index in [1.54, 1.807) is 11.6 Å². The Labute approximate surface area is 161 Å². The summed E-state index contributed by atoms with van der Waals surface area (Å²) in [6.45, 7) is 8.21. The molecule has 0 aliphatic rings. The molecule has 0 amide bonds. The molecular formula is C20H22N2O2S2. The van der Waals surface area contributed by atoms with E-state index < -0.39 is 0 Å². The molecule has 0 saturated carbocycles. The second kappa shape index (κ2) is 7.37. The van der Waals surface area contributed by atoms with Crippen molar-refractivity contribution in [3.8, 4) is 0 Å². The number of aryl methyl sites for hydroxylation is 2. The van der Waals surface area contributed by atoms with Gasteiger partial charge in [0.05, 0.1) is 11.1 Å². The number of fused-ring (bicyclic) bond motifs is 1. The predicted molar refractivity (Wildman–Crippen MR) is 110 cm³/mol. The molecule has 0 radical (unpaired) electrons. The van der Waals surface area contributed by atoms with Crippen molar-refractivity contribution in [1.82, 2.24) is 9.55 Å². The minimum absolute atomic E-state index is 0.0400. The molecule has 0 aliphatic heterocycles. The van der Waals surface area contributed by atoms with Crippen LogP contribution < -0.4 is 5.56 Å². The lowest BCUT2D eigenvalue weighted by Crippen LogP contribution is -2.20. The number of carbonyl (C=O) groups is 1. The van der Waals surface area contributed by atoms with Gasteiger partial charge in [-0.1, -0.05) is 49.9 Å². The average Bonchev–Trinajstić information content (AvgIpc) is 2.90. The predicted octanol–water partition coefficient (Wildman–Crippen LogP) is 4.71. The monoisotopic (exact) mass is 386 g/mol. The van der Waals surface area contributed by atoms with Crippen LogP contribution in [0.1, 0.15) is 46.1 Å². The molecule has 2 heterocycles. The largest absolute Gasteiger partial charge is 0.293 e. The van der Waals surface area contributed by atoms with Crippen LogP contribution >= 0.6 is 23.1 Å². The molecule has 0 bridgehead atoms. The summed E-state index contributed by atoms with van der Waals surface area (Å²) < 4.78 is 1.54. The van der Waals surface area contributed by atoms with Crippen molar-refractivity contribution in [2.75, 3.05) is 5.75 Å². The Kier molecular flexibility index (Phi) is 5.34. The van der Waals surface area contributed by atoms with Crippen molar-refractivity contribution in [3.05, 3.63) is 56.2 Å². The Morgan fingerprint density at radius 1 is 1.23 bits per heavy atom. The van der Waals surface area contributed by atoms with Gasteiger partial charge in [-0.3, -0.25) is 14.2 Å². The number of nitrogens with zero attached hydrogens (tertiary/aromatic N) is 2. The molecule has 136 valence electrons. The number of carbonyl (C=O) groups excluding carboxylic acids is 1. The first-order valence-corrected chi connectivity index (χ1v) is 10.3. The zero-order valence-electron chi connectivity index (χ0n) is 15.6. The summed E-state index contributed by atoms with van der Waals surface area (Å²) in [7, 11) is 1.71. The summed E-state index contributed by atoms with van der Waals surface area (Å²) in [4.78, 5) is 31.6. The summed E-state index contributed by atoms with van der Waals surface area (Å²) in [5.74, 6) is 0.741. The quantitative estimate of drug-likeness (QED) is 0.362. The average molecular weight is 387 g/mol. The summed E-state index contributed by atoms with van der Waals surface area (Å²) in [6.07, 6.45) is 0. The van der Waals surface area contributed by atoms with Gasteiger partial charge >= 0.3 is 0 Å². The van der Waals surface area contributed by atoms with Crippen LogP contribution in [0.5, 0.6) is 0 Å². The molecule has 3 aromatic rings. The summed E-state index contributed by atoms with van der Waals surface area (Å²) >= 11 is 2.84. The highest BCUT2D eigenvalue weighted by atomic mass is 32.2. The fraction of sp³-hybridized carbons (Fsp3) is 0.350. The van der Waals surface area contributed by atoms with E-state index in [4.69, 9.17) is 0 Å². The lowest BCUT2D eigenvalue weighted by molar-refractivity contribution is 0.102. The highest BCUT2D eigenvalue weighted by Gasteiger charge is 2.16. The van der Waals surface area contributed by atoms with Crippen LogP contribution in [-0.2, 0) is 7.05 Å². The van der Waals surface area contributed by atoms with Gasteiger partial charge in [-0.15, -0.1) is 11.3 Å². The molecule has 1 aromatic carbocycles. The number of ketones is 1. The number of hydrogen-bond donors (Lipinski definition) is 0. The molecule has 3 rings (SSSR count). The maximum absolute atomic E-state index is 12.6. The SMILES string of the molecule is Cc1sc2nc(SCC(=O)c3ccc(C(C)C)cc3)n(C)c(=O)c2c1C. The third-order valence-corrected chi connectivity index (χ3v) is 6.73. The van der Waals surface area contributed by atoms with Crippen LogP contribution in [0.25, 0.3) is 10.2 Å². The fourth-order valence-electron chi connectivity index (χ4n) is 2.75. The van der Waals surface area contributed by atoms with Gasteiger partial charge in [-0.25, -0.2) is 4.98 Å². The van der Waals surface area contributed by atoms with Gasteiger partial charge in [0.15, 0.2) is 10.9 Å². The van der Waals surface area contributed by atoms with E-state index >= 15 is 0 Å². The summed E-state index contributed by atoms with van der Waals surface area (Å²) in [5, 5.41) is 1.27. The van der Waals surface area contributed by atoms with Gasteiger partial charge < -0.3 is 0 Å².